The largest absolute Gasteiger partial charge is 0.394 e. The van der Waals surface area contributed by atoms with Crippen molar-refractivity contribution < 1.29 is 5.11 Å². The van der Waals surface area contributed by atoms with Crippen molar-refractivity contribution in [3.8, 4) is 0 Å². The zero-order chi connectivity index (χ0) is 10.4. The van der Waals surface area contributed by atoms with Gasteiger partial charge in [-0.2, -0.15) is 0 Å². The molecule has 1 rings (SSSR count). The van der Waals surface area contributed by atoms with Crippen LogP contribution in [0.15, 0.2) is 18.5 Å². The lowest BCUT2D eigenvalue weighted by molar-refractivity contribution is 0.259. The standard InChI is InChI=1S/C10H17N3O/c1-8(2)6-9(7-14)13-10-11-4-3-5-12-10/h3-5,8-9,14H,6-7H2,1-2H3,(H,11,12,13). The number of nitrogens with zero attached hydrogens (tertiary/aromatic N) is 2. The summed E-state index contributed by atoms with van der Waals surface area (Å²) in [6.07, 6.45) is 4.27. The third kappa shape index (κ3) is 3.70. The van der Waals surface area contributed by atoms with Crippen molar-refractivity contribution in [1.29, 1.82) is 0 Å². The lowest BCUT2D eigenvalue weighted by Crippen LogP contribution is -2.26. The van der Waals surface area contributed by atoms with Crippen molar-refractivity contribution in [2.75, 3.05) is 11.9 Å². The third-order valence-electron chi connectivity index (χ3n) is 1.88. The maximum atomic E-state index is 9.12. The molecule has 0 spiro atoms. The number of hydrogen-bond acceptors (Lipinski definition) is 4. The van der Waals surface area contributed by atoms with Gasteiger partial charge in [0.25, 0.3) is 0 Å². The summed E-state index contributed by atoms with van der Waals surface area (Å²) < 4.78 is 0. The zero-order valence-electron chi connectivity index (χ0n) is 8.64. The Morgan fingerprint density at radius 2 is 2.00 bits per heavy atom. The van der Waals surface area contributed by atoms with Crippen LogP contribution >= 0.6 is 0 Å². The fourth-order valence-electron chi connectivity index (χ4n) is 1.30. The first kappa shape index (κ1) is 10.9. The highest BCUT2D eigenvalue weighted by atomic mass is 16.3. The first-order valence-corrected chi connectivity index (χ1v) is 4.86. The van der Waals surface area contributed by atoms with E-state index >= 15 is 0 Å². The molecule has 1 unspecified atom stereocenters. The Labute approximate surface area is 84.4 Å². The van der Waals surface area contributed by atoms with Crippen molar-refractivity contribution in [3.63, 3.8) is 0 Å². The summed E-state index contributed by atoms with van der Waals surface area (Å²) in [6, 6.07) is 1.80. The van der Waals surface area contributed by atoms with Crippen molar-refractivity contribution in [2.45, 2.75) is 26.3 Å². The summed E-state index contributed by atoms with van der Waals surface area (Å²) in [5, 5.41) is 12.2. The molecule has 1 heterocycles. The van der Waals surface area contributed by atoms with E-state index in [1.165, 1.54) is 0 Å². The number of aliphatic hydroxyl groups excluding tert-OH is 1. The molecule has 0 aliphatic rings. The average molecular weight is 195 g/mol. The molecule has 0 amide bonds. The van der Waals surface area contributed by atoms with Crippen molar-refractivity contribution in [1.82, 2.24) is 9.97 Å². The maximum absolute atomic E-state index is 9.12. The van der Waals surface area contributed by atoms with Gasteiger partial charge < -0.3 is 10.4 Å². The molecule has 0 fully saturated rings. The Kier molecular flexibility index (Phi) is 4.32. The molecule has 0 saturated heterocycles. The fourth-order valence-corrected chi connectivity index (χ4v) is 1.30. The van der Waals surface area contributed by atoms with Gasteiger partial charge in [-0.05, 0) is 18.4 Å². The van der Waals surface area contributed by atoms with Crippen LogP contribution in [0.5, 0.6) is 0 Å². The number of aliphatic hydroxyl groups is 1. The Hall–Kier alpha value is -1.16. The first-order chi connectivity index (χ1) is 6.72. The molecule has 1 atom stereocenters. The molecule has 0 aromatic carbocycles. The highest BCUT2D eigenvalue weighted by Gasteiger charge is 2.09. The van der Waals surface area contributed by atoms with Gasteiger partial charge in [0.1, 0.15) is 0 Å². The lowest BCUT2D eigenvalue weighted by atomic mass is 10.0. The predicted molar refractivity (Wildman–Crippen MR) is 56.0 cm³/mol. The van der Waals surface area contributed by atoms with E-state index in [-0.39, 0.29) is 12.6 Å². The van der Waals surface area contributed by atoms with Gasteiger partial charge in [-0.15, -0.1) is 0 Å². The average Bonchev–Trinajstić information content (AvgIpc) is 2.17. The second kappa shape index (κ2) is 5.54. The molecule has 4 nitrogen and oxygen atoms in total. The molecule has 0 saturated carbocycles. The Balaban J connectivity index is 2.48. The SMILES string of the molecule is CC(C)CC(CO)Nc1ncccn1. The van der Waals surface area contributed by atoms with Crippen LogP contribution in [-0.2, 0) is 0 Å². The molecular formula is C10H17N3O. The number of anilines is 1. The topological polar surface area (TPSA) is 58.0 Å². The number of rotatable bonds is 5. The van der Waals surface area contributed by atoms with Gasteiger partial charge in [0.15, 0.2) is 0 Å². The highest BCUT2D eigenvalue weighted by molar-refractivity contribution is 5.24. The van der Waals surface area contributed by atoms with Crippen LogP contribution in [0.2, 0.25) is 0 Å². The Morgan fingerprint density at radius 3 is 2.50 bits per heavy atom. The van der Waals surface area contributed by atoms with Crippen LogP contribution in [0.1, 0.15) is 20.3 Å². The summed E-state index contributed by atoms with van der Waals surface area (Å²) in [5.74, 6) is 1.12. The normalized spacial score (nSPS) is 12.9. The summed E-state index contributed by atoms with van der Waals surface area (Å²) >= 11 is 0. The van der Waals surface area contributed by atoms with E-state index in [9.17, 15) is 0 Å². The van der Waals surface area contributed by atoms with Gasteiger partial charge in [0, 0.05) is 12.4 Å². The van der Waals surface area contributed by atoms with Gasteiger partial charge in [-0.25, -0.2) is 9.97 Å². The van der Waals surface area contributed by atoms with Crippen LogP contribution in [0.25, 0.3) is 0 Å². The molecule has 78 valence electrons. The third-order valence-corrected chi connectivity index (χ3v) is 1.88. The highest BCUT2D eigenvalue weighted by Crippen LogP contribution is 2.08. The van der Waals surface area contributed by atoms with E-state index in [1.807, 2.05) is 0 Å². The minimum atomic E-state index is 0.0393. The number of hydrogen-bond donors (Lipinski definition) is 2. The van der Waals surface area contributed by atoms with Gasteiger partial charge in [0.05, 0.1) is 12.6 Å². The van der Waals surface area contributed by atoms with Crippen molar-refractivity contribution in [2.24, 2.45) is 5.92 Å². The Morgan fingerprint density at radius 1 is 1.36 bits per heavy atom. The fraction of sp³-hybridized carbons (Fsp3) is 0.600. The molecule has 0 bridgehead atoms. The second-order valence-electron chi connectivity index (χ2n) is 3.73. The summed E-state index contributed by atoms with van der Waals surface area (Å²) in [4.78, 5) is 8.08. The molecule has 0 aliphatic heterocycles. The Bertz CT molecular complexity index is 251. The van der Waals surface area contributed by atoms with E-state index in [1.54, 1.807) is 18.5 Å². The van der Waals surface area contributed by atoms with E-state index < -0.39 is 0 Å². The van der Waals surface area contributed by atoms with Crippen LogP contribution in [0, 0.1) is 5.92 Å². The molecule has 2 N–H and O–H groups in total. The molecule has 0 radical (unpaired) electrons. The molecule has 1 aromatic rings. The smallest absolute Gasteiger partial charge is 0.222 e. The van der Waals surface area contributed by atoms with Crippen molar-refractivity contribution >= 4 is 5.95 Å². The van der Waals surface area contributed by atoms with Crippen LogP contribution in [-0.4, -0.2) is 27.7 Å². The quantitative estimate of drug-likeness (QED) is 0.743. The van der Waals surface area contributed by atoms with Crippen LogP contribution in [0.3, 0.4) is 0 Å². The lowest BCUT2D eigenvalue weighted by Gasteiger charge is -2.17. The summed E-state index contributed by atoms with van der Waals surface area (Å²) in [6.45, 7) is 4.35. The van der Waals surface area contributed by atoms with Gasteiger partial charge in [0.2, 0.25) is 5.95 Å². The van der Waals surface area contributed by atoms with Crippen molar-refractivity contribution in [3.05, 3.63) is 18.5 Å². The van der Waals surface area contributed by atoms with Gasteiger partial charge >= 0.3 is 0 Å². The van der Waals surface area contributed by atoms with E-state index in [0.29, 0.717) is 11.9 Å². The van der Waals surface area contributed by atoms with Gasteiger partial charge in [-0.1, -0.05) is 13.8 Å². The summed E-state index contributed by atoms with van der Waals surface area (Å²) in [5.41, 5.74) is 0. The number of nitrogens with one attached hydrogen (secondary N) is 1. The van der Waals surface area contributed by atoms with Crippen LogP contribution < -0.4 is 5.32 Å². The first-order valence-electron chi connectivity index (χ1n) is 4.86. The second-order valence-corrected chi connectivity index (χ2v) is 3.73. The molecule has 4 heteroatoms. The van der Waals surface area contributed by atoms with E-state index in [2.05, 4.69) is 29.1 Å². The zero-order valence-corrected chi connectivity index (χ0v) is 8.64. The number of aromatic nitrogens is 2. The predicted octanol–water partition coefficient (Wildman–Crippen LogP) is 1.30. The summed E-state index contributed by atoms with van der Waals surface area (Å²) in [7, 11) is 0. The molecule has 0 aliphatic carbocycles. The van der Waals surface area contributed by atoms with E-state index in [4.69, 9.17) is 5.11 Å². The minimum absolute atomic E-state index is 0.0393. The minimum Gasteiger partial charge on any atom is -0.394 e. The maximum Gasteiger partial charge on any atom is 0.222 e. The van der Waals surface area contributed by atoms with Gasteiger partial charge in [-0.3, -0.25) is 0 Å². The molecule has 14 heavy (non-hydrogen) atoms. The molecular weight excluding hydrogens is 178 g/mol. The monoisotopic (exact) mass is 195 g/mol. The van der Waals surface area contributed by atoms with E-state index in [0.717, 1.165) is 6.42 Å². The van der Waals surface area contributed by atoms with Crippen LogP contribution in [0.4, 0.5) is 5.95 Å². The molecule has 1 aromatic heterocycles.